The van der Waals surface area contributed by atoms with Gasteiger partial charge in [-0.25, -0.2) is 0 Å². The number of rotatable bonds is 5. The molecule has 0 aromatic heterocycles. The van der Waals surface area contributed by atoms with Gasteiger partial charge < -0.3 is 14.4 Å². The van der Waals surface area contributed by atoms with Crippen molar-refractivity contribution in [2.45, 2.75) is 18.9 Å². The van der Waals surface area contributed by atoms with Crippen molar-refractivity contribution in [3.8, 4) is 11.5 Å². The Morgan fingerprint density at radius 1 is 1.12 bits per heavy atom. The molecule has 2 aromatic carbocycles. The molecule has 4 heteroatoms. The molecular formula is C21H26N2O2. The lowest BCUT2D eigenvalue weighted by Crippen LogP contribution is -2.39. The number of fused-ring (bicyclic) bond motifs is 3. The van der Waals surface area contributed by atoms with E-state index < -0.39 is 0 Å². The first-order valence-electron chi connectivity index (χ1n) is 9.06. The van der Waals surface area contributed by atoms with E-state index in [1.165, 1.54) is 16.7 Å². The van der Waals surface area contributed by atoms with Crippen molar-refractivity contribution in [3.63, 3.8) is 0 Å². The molecule has 0 unspecified atom stereocenters. The SMILES string of the molecule is CN(CCc1ccccc1)C[C@H]1c2ccc3c(c2CCN1C)OCO3. The first-order valence-corrected chi connectivity index (χ1v) is 9.06. The lowest BCUT2D eigenvalue weighted by Gasteiger charge is -2.37. The maximum Gasteiger partial charge on any atom is 0.231 e. The van der Waals surface area contributed by atoms with E-state index in [1.54, 1.807) is 0 Å². The lowest BCUT2D eigenvalue weighted by molar-refractivity contribution is 0.164. The van der Waals surface area contributed by atoms with Crippen LogP contribution in [0.25, 0.3) is 0 Å². The van der Waals surface area contributed by atoms with Crippen LogP contribution in [0.5, 0.6) is 11.5 Å². The molecule has 0 saturated heterocycles. The second-order valence-electron chi connectivity index (χ2n) is 7.11. The Bertz CT molecular complexity index is 732. The van der Waals surface area contributed by atoms with Crippen molar-refractivity contribution in [3.05, 3.63) is 59.2 Å². The monoisotopic (exact) mass is 338 g/mol. The third-order valence-corrected chi connectivity index (χ3v) is 5.39. The number of hydrogen-bond acceptors (Lipinski definition) is 4. The van der Waals surface area contributed by atoms with Crippen molar-refractivity contribution in [1.29, 1.82) is 0 Å². The molecule has 0 spiro atoms. The maximum atomic E-state index is 5.74. The fourth-order valence-corrected chi connectivity index (χ4v) is 3.89. The number of benzene rings is 2. The van der Waals surface area contributed by atoms with Gasteiger partial charge in [0.25, 0.3) is 0 Å². The van der Waals surface area contributed by atoms with Crippen LogP contribution in [0.4, 0.5) is 0 Å². The van der Waals surface area contributed by atoms with Crippen LogP contribution in [0.2, 0.25) is 0 Å². The van der Waals surface area contributed by atoms with Gasteiger partial charge >= 0.3 is 0 Å². The first-order chi connectivity index (χ1) is 12.2. The molecule has 0 N–H and O–H groups in total. The van der Waals surface area contributed by atoms with E-state index in [1.807, 2.05) is 0 Å². The number of ether oxygens (including phenoxy) is 2. The Kier molecular flexibility index (Phi) is 4.64. The van der Waals surface area contributed by atoms with Crippen molar-refractivity contribution in [1.82, 2.24) is 9.80 Å². The largest absolute Gasteiger partial charge is 0.454 e. The minimum atomic E-state index is 0.350. The van der Waals surface area contributed by atoms with Crippen LogP contribution in [-0.2, 0) is 12.8 Å². The van der Waals surface area contributed by atoms with E-state index in [9.17, 15) is 0 Å². The van der Waals surface area contributed by atoms with E-state index in [4.69, 9.17) is 9.47 Å². The predicted octanol–water partition coefficient (Wildman–Crippen LogP) is 3.12. The predicted molar refractivity (Wildman–Crippen MR) is 99.3 cm³/mol. The van der Waals surface area contributed by atoms with Crippen molar-refractivity contribution in [2.75, 3.05) is 40.5 Å². The van der Waals surface area contributed by atoms with Crippen LogP contribution >= 0.6 is 0 Å². The summed E-state index contributed by atoms with van der Waals surface area (Å²) in [5.41, 5.74) is 4.13. The quantitative estimate of drug-likeness (QED) is 0.836. The molecule has 0 radical (unpaired) electrons. The van der Waals surface area contributed by atoms with Crippen molar-refractivity contribution < 1.29 is 9.47 Å². The Balaban J connectivity index is 1.47. The third kappa shape index (κ3) is 3.37. The van der Waals surface area contributed by atoms with Crippen LogP contribution in [0.15, 0.2) is 42.5 Å². The minimum absolute atomic E-state index is 0.350. The van der Waals surface area contributed by atoms with Crippen LogP contribution < -0.4 is 9.47 Å². The molecule has 0 fully saturated rings. The Labute approximate surface area is 150 Å². The average molecular weight is 338 g/mol. The maximum absolute atomic E-state index is 5.74. The lowest BCUT2D eigenvalue weighted by atomic mass is 9.91. The zero-order chi connectivity index (χ0) is 17.2. The van der Waals surface area contributed by atoms with Crippen LogP contribution in [0, 0.1) is 0 Å². The standard InChI is InChI=1S/C21H26N2O2/c1-22(12-10-16-6-4-3-5-7-16)14-19-17-8-9-20-21(25-15-24-20)18(17)11-13-23(19)2/h3-9,19H,10-15H2,1-2H3/t19-/m0/s1. The molecule has 0 amide bonds. The van der Waals surface area contributed by atoms with E-state index in [0.717, 1.165) is 44.0 Å². The average Bonchev–Trinajstić information content (AvgIpc) is 3.12. The summed E-state index contributed by atoms with van der Waals surface area (Å²) in [6.45, 7) is 3.50. The van der Waals surface area contributed by atoms with E-state index in [0.29, 0.717) is 12.8 Å². The van der Waals surface area contributed by atoms with Gasteiger partial charge in [0.15, 0.2) is 11.5 Å². The van der Waals surface area contributed by atoms with Gasteiger partial charge in [0.1, 0.15) is 0 Å². The molecule has 2 aromatic rings. The summed E-state index contributed by atoms with van der Waals surface area (Å²) >= 11 is 0. The molecule has 2 heterocycles. The van der Waals surface area contributed by atoms with Crippen molar-refractivity contribution >= 4 is 0 Å². The van der Waals surface area contributed by atoms with Gasteiger partial charge in [0, 0.05) is 31.2 Å². The molecular weight excluding hydrogens is 312 g/mol. The summed E-state index contributed by atoms with van der Waals surface area (Å²) in [5, 5.41) is 0. The second kappa shape index (κ2) is 7.06. The van der Waals surface area contributed by atoms with E-state index in [2.05, 4.69) is 66.4 Å². The summed E-state index contributed by atoms with van der Waals surface area (Å²) in [6.07, 6.45) is 2.12. The van der Waals surface area contributed by atoms with Gasteiger partial charge in [-0.3, -0.25) is 4.90 Å². The summed E-state index contributed by atoms with van der Waals surface area (Å²) in [5.74, 6) is 1.88. The van der Waals surface area contributed by atoms with Crippen LogP contribution in [-0.4, -0.2) is 50.3 Å². The Hall–Kier alpha value is -2.04. The number of hydrogen-bond donors (Lipinski definition) is 0. The highest BCUT2D eigenvalue weighted by atomic mass is 16.7. The van der Waals surface area contributed by atoms with Gasteiger partial charge in [-0.1, -0.05) is 36.4 Å². The van der Waals surface area contributed by atoms with E-state index >= 15 is 0 Å². The topological polar surface area (TPSA) is 24.9 Å². The number of nitrogens with zero attached hydrogens (tertiary/aromatic N) is 2. The van der Waals surface area contributed by atoms with Crippen LogP contribution in [0.1, 0.15) is 22.7 Å². The van der Waals surface area contributed by atoms with E-state index in [-0.39, 0.29) is 0 Å². The minimum Gasteiger partial charge on any atom is -0.454 e. The molecule has 0 bridgehead atoms. The zero-order valence-electron chi connectivity index (χ0n) is 15.1. The first kappa shape index (κ1) is 16.4. The molecule has 25 heavy (non-hydrogen) atoms. The third-order valence-electron chi connectivity index (χ3n) is 5.39. The summed E-state index contributed by atoms with van der Waals surface area (Å²) in [7, 11) is 4.45. The Morgan fingerprint density at radius 2 is 1.96 bits per heavy atom. The van der Waals surface area contributed by atoms with Gasteiger partial charge in [0.05, 0.1) is 0 Å². The molecule has 0 aliphatic carbocycles. The second-order valence-corrected chi connectivity index (χ2v) is 7.11. The Morgan fingerprint density at radius 3 is 2.80 bits per heavy atom. The highest BCUT2D eigenvalue weighted by molar-refractivity contribution is 5.54. The molecule has 2 aliphatic rings. The smallest absolute Gasteiger partial charge is 0.231 e. The number of likely N-dealkylation sites (N-methyl/N-ethyl adjacent to an activating group) is 2. The molecule has 132 valence electrons. The van der Waals surface area contributed by atoms with Gasteiger partial charge in [0.2, 0.25) is 6.79 Å². The summed E-state index contributed by atoms with van der Waals surface area (Å²) in [4.78, 5) is 4.90. The summed E-state index contributed by atoms with van der Waals surface area (Å²) in [6, 6.07) is 15.4. The normalized spacial score (nSPS) is 19.2. The highest BCUT2D eigenvalue weighted by Gasteiger charge is 2.31. The summed E-state index contributed by atoms with van der Waals surface area (Å²) < 4.78 is 11.3. The molecule has 2 aliphatic heterocycles. The zero-order valence-corrected chi connectivity index (χ0v) is 15.1. The van der Waals surface area contributed by atoms with Crippen LogP contribution in [0.3, 0.4) is 0 Å². The fraction of sp³-hybridized carbons (Fsp3) is 0.429. The fourth-order valence-electron chi connectivity index (χ4n) is 3.89. The van der Waals surface area contributed by atoms with Gasteiger partial charge in [-0.2, -0.15) is 0 Å². The highest BCUT2D eigenvalue weighted by Crippen LogP contribution is 2.42. The molecule has 1 atom stereocenters. The van der Waals surface area contributed by atoms with Crippen molar-refractivity contribution in [2.24, 2.45) is 0 Å². The van der Waals surface area contributed by atoms with Gasteiger partial charge in [-0.05, 0) is 44.1 Å². The van der Waals surface area contributed by atoms with Gasteiger partial charge in [-0.15, -0.1) is 0 Å². The molecule has 0 saturated carbocycles. The molecule has 4 rings (SSSR count). The molecule has 4 nitrogen and oxygen atoms in total.